The summed E-state index contributed by atoms with van der Waals surface area (Å²) < 4.78 is 0. The summed E-state index contributed by atoms with van der Waals surface area (Å²) >= 11 is 7.48. The highest BCUT2D eigenvalue weighted by Gasteiger charge is 1.98. The number of hydrogen-bond acceptors (Lipinski definition) is 2. The van der Waals surface area contributed by atoms with E-state index in [2.05, 4.69) is 6.07 Å². The maximum atomic E-state index is 8.83. The first kappa shape index (κ1) is 11.2. The van der Waals surface area contributed by atoms with Crippen LogP contribution in [-0.4, -0.2) is 5.75 Å². The lowest BCUT2D eigenvalue weighted by atomic mass is 10.2. The van der Waals surface area contributed by atoms with Gasteiger partial charge in [0, 0.05) is 5.02 Å². The van der Waals surface area contributed by atoms with Gasteiger partial charge < -0.3 is 0 Å². The number of nitrogens with zero attached hydrogens (tertiary/aromatic N) is 1. The summed E-state index contributed by atoms with van der Waals surface area (Å²) in [5.74, 6) is 0.893. The van der Waals surface area contributed by atoms with E-state index in [9.17, 15) is 0 Å². The minimum atomic E-state index is 0.678. The SMILES string of the molecule is CCS/C(C#N)=C/c1ccccc1Cl. The third-order valence-corrected chi connectivity index (χ3v) is 2.75. The van der Waals surface area contributed by atoms with Gasteiger partial charge in [0.2, 0.25) is 0 Å². The third-order valence-electron chi connectivity index (χ3n) is 1.60. The molecule has 1 rings (SSSR count). The van der Waals surface area contributed by atoms with Gasteiger partial charge in [-0.25, -0.2) is 0 Å². The van der Waals surface area contributed by atoms with Crippen molar-refractivity contribution in [3.63, 3.8) is 0 Å². The number of benzene rings is 1. The zero-order chi connectivity index (χ0) is 10.4. The molecule has 72 valence electrons. The van der Waals surface area contributed by atoms with Crippen LogP contribution in [0.15, 0.2) is 29.2 Å². The molecule has 0 aliphatic rings. The van der Waals surface area contributed by atoms with E-state index >= 15 is 0 Å². The van der Waals surface area contributed by atoms with Gasteiger partial charge in [-0.15, -0.1) is 11.8 Å². The maximum absolute atomic E-state index is 8.83. The van der Waals surface area contributed by atoms with Crippen molar-refractivity contribution in [3.05, 3.63) is 39.8 Å². The topological polar surface area (TPSA) is 23.8 Å². The molecule has 0 fully saturated rings. The average Bonchev–Trinajstić information content (AvgIpc) is 2.20. The van der Waals surface area contributed by atoms with Crippen molar-refractivity contribution in [2.24, 2.45) is 0 Å². The number of halogens is 1. The molecule has 0 radical (unpaired) electrons. The molecule has 0 amide bonds. The van der Waals surface area contributed by atoms with Gasteiger partial charge in [0.1, 0.15) is 6.07 Å². The molecule has 1 aromatic rings. The molecule has 0 aliphatic carbocycles. The molecule has 14 heavy (non-hydrogen) atoms. The molecule has 0 N–H and O–H groups in total. The van der Waals surface area contributed by atoms with Crippen LogP contribution in [-0.2, 0) is 0 Å². The van der Waals surface area contributed by atoms with Gasteiger partial charge in [-0.1, -0.05) is 36.7 Å². The quantitative estimate of drug-likeness (QED) is 0.725. The van der Waals surface area contributed by atoms with Crippen molar-refractivity contribution in [3.8, 4) is 6.07 Å². The molecule has 0 aromatic heterocycles. The third kappa shape index (κ3) is 3.10. The fourth-order valence-corrected chi connectivity index (χ4v) is 1.77. The average molecular weight is 224 g/mol. The Hall–Kier alpha value is -0.910. The van der Waals surface area contributed by atoms with Crippen LogP contribution in [0.4, 0.5) is 0 Å². The highest BCUT2D eigenvalue weighted by Crippen LogP contribution is 2.22. The molecule has 0 aliphatic heterocycles. The van der Waals surface area contributed by atoms with Crippen molar-refractivity contribution in [1.29, 1.82) is 5.26 Å². The van der Waals surface area contributed by atoms with Crippen LogP contribution in [0.1, 0.15) is 12.5 Å². The second-order valence-corrected chi connectivity index (χ2v) is 4.29. The molecular formula is C11H10ClNS. The Kier molecular flexibility index (Phi) is 4.58. The summed E-state index contributed by atoms with van der Waals surface area (Å²) in [4.78, 5) is 0.695. The number of hydrogen-bond donors (Lipinski definition) is 0. The molecular weight excluding hydrogens is 214 g/mol. The monoisotopic (exact) mass is 223 g/mol. The zero-order valence-electron chi connectivity index (χ0n) is 7.83. The van der Waals surface area contributed by atoms with E-state index in [0.717, 1.165) is 11.3 Å². The van der Waals surface area contributed by atoms with E-state index in [1.165, 1.54) is 11.8 Å². The number of thioether (sulfide) groups is 1. The van der Waals surface area contributed by atoms with Gasteiger partial charge in [-0.05, 0) is 23.5 Å². The van der Waals surface area contributed by atoms with E-state index in [0.29, 0.717) is 9.93 Å². The highest BCUT2D eigenvalue weighted by atomic mass is 35.5. The van der Waals surface area contributed by atoms with Crippen molar-refractivity contribution < 1.29 is 0 Å². The molecule has 0 spiro atoms. The molecule has 0 unspecified atom stereocenters. The molecule has 3 heteroatoms. The van der Waals surface area contributed by atoms with Gasteiger partial charge in [0.15, 0.2) is 0 Å². The Labute approximate surface area is 93.4 Å². The smallest absolute Gasteiger partial charge is 0.106 e. The summed E-state index contributed by atoms with van der Waals surface area (Å²) in [5.41, 5.74) is 0.895. The second-order valence-electron chi connectivity index (χ2n) is 2.57. The van der Waals surface area contributed by atoms with E-state index < -0.39 is 0 Å². The van der Waals surface area contributed by atoms with Crippen molar-refractivity contribution in [2.75, 3.05) is 5.75 Å². The van der Waals surface area contributed by atoms with E-state index in [1.54, 1.807) is 0 Å². The number of allylic oxidation sites excluding steroid dienone is 1. The Morgan fingerprint density at radius 1 is 1.57 bits per heavy atom. The van der Waals surface area contributed by atoms with Gasteiger partial charge in [-0.3, -0.25) is 0 Å². The fourth-order valence-electron chi connectivity index (χ4n) is 0.995. The first-order valence-electron chi connectivity index (χ1n) is 4.27. The number of rotatable bonds is 3. The first-order valence-corrected chi connectivity index (χ1v) is 5.63. The Balaban J connectivity index is 2.96. The summed E-state index contributed by atoms with van der Waals surface area (Å²) in [6, 6.07) is 9.64. The van der Waals surface area contributed by atoms with Gasteiger partial charge in [-0.2, -0.15) is 5.26 Å². The van der Waals surface area contributed by atoms with E-state index in [1.807, 2.05) is 37.3 Å². The molecule has 0 saturated carbocycles. The van der Waals surface area contributed by atoms with Crippen LogP contribution in [0.3, 0.4) is 0 Å². The molecule has 1 aromatic carbocycles. The predicted octanol–water partition coefficient (Wildman–Crippen LogP) is 3.96. The minimum Gasteiger partial charge on any atom is -0.192 e. The van der Waals surface area contributed by atoms with Crippen LogP contribution >= 0.6 is 23.4 Å². The molecule has 1 nitrogen and oxygen atoms in total. The van der Waals surface area contributed by atoms with Crippen LogP contribution in [0.25, 0.3) is 6.08 Å². The van der Waals surface area contributed by atoms with Gasteiger partial charge in [0.25, 0.3) is 0 Å². The summed E-state index contributed by atoms with van der Waals surface area (Å²) in [6.45, 7) is 2.02. The number of nitriles is 1. The minimum absolute atomic E-state index is 0.678. The molecule has 0 bridgehead atoms. The van der Waals surface area contributed by atoms with Gasteiger partial charge in [0.05, 0.1) is 4.91 Å². The normalized spacial score (nSPS) is 11.1. The lowest BCUT2D eigenvalue weighted by Gasteiger charge is -1.98. The second kappa shape index (κ2) is 5.74. The van der Waals surface area contributed by atoms with E-state index in [4.69, 9.17) is 16.9 Å². The summed E-state index contributed by atoms with van der Waals surface area (Å²) in [5, 5.41) is 9.50. The van der Waals surface area contributed by atoms with Crippen LogP contribution in [0.5, 0.6) is 0 Å². The molecule has 0 heterocycles. The highest BCUT2D eigenvalue weighted by molar-refractivity contribution is 8.03. The summed E-state index contributed by atoms with van der Waals surface area (Å²) in [6.07, 6.45) is 1.82. The largest absolute Gasteiger partial charge is 0.192 e. The van der Waals surface area contributed by atoms with Crippen molar-refractivity contribution in [2.45, 2.75) is 6.92 Å². The van der Waals surface area contributed by atoms with Crippen LogP contribution < -0.4 is 0 Å². The van der Waals surface area contributed by atoms with Crippen molar-refractivity contribution >= 4 is 29.4 Å². The Morgan fingerprint density at radius 3 is 2.86 bits per heavy atom. The Morgan fingerprint density at radius 2 is 2.29 bits per heavy atom. The maximum Gasteiger partial charge on any atom is 0.106 e. The molecule has 0 saturated heterocycles. The predicted molar refractivity (Wildman–Crippen MR) is 63.2 cm³/mol. The fraction of sp³-hybridized carbons (Fsp3) is 0.182. The van der Waals surface area contributed by atoms with E-state index in [-0.39, 0.29) is 0 Å². The van der Waals surface area contributed by atoms with Crippen LogP contribution in [0, 0.1) is 11.3 Å². The van der Waals surface area contributed by atoms with Gasteiger partial charge >= 0.3 is 0 Å². The van der Waals surface area contributed by atoms with Crippen LogP contribution in [0.2, 0.25) is 5.02 Å². The standard InChI is InChI=1S/C11H10ClNS/c1-2-14-10(8-13)7-9-5-3-4-6-11(9)12/h3-7H,2H2,1H3/b10-7+. The molecule has 0 atom stereocenters. The first-order chi connectivity index (χ1) is 6.77. The lowest BCUT2D eigenvalue weighted by Crippen LogP contribution is -1.77. The van der Waals surface area contributed by atoms with Crippen molar-refractivity contribution in [1.82, 2.24) is 0 Å². The zero-order valence-corrected chi connectivity index (χ0v) is 9.40. The summed E-state index contributed by atoms with van der Waals surface area (Å²) in [7, 11) is 0. The lowest BCUT2D eigenvalue weighted by molar-refractivity contribution is 1.51. The Bertz CT molecular complexity index is 379.